The fourth-order valence-corrected chi connectivity index (χ4v) is 3.67. The van der Waals surface area contributed by atoms with E-state index in [9.17, 15) is 18.0 Å². The molecule has 0 radical (unpaired) electrons. The van der Waals surface area contributed by atoms with Crippen molar-refractivity contribution in [1.82, 2.24) is 9.80 Å². The van der Waals surface area contributed by atoms with E-state index in [0.29, 0.717) is 45.0 Å². The second kappa shape index (κ2) is 7.77. The average Bonchev–Trinajstić information content (AvgIpc) is 2.74. The fourth-order valence-electron chi connectivity index (χ4n) is 3.67. The fraction of sp³-hybridized carbons (Fsp3) is 0.632. The monoisotopic (exact) mass is 386 g/mol. The Kier molecular flexibility index (Phi) is 5.79. The van der Waals surface area contributed by atoms with Crippen molar-refractivity contribution in [2.75, 3.05) is 39.5 Å². The molecule has 1 amide bonds. The van der Waals surface area contributed by atoms with Gasteiger partial charge in [-0.1, -0.05) is 18.2 Å². The van der Waals surface area contributed by atoms with Crippen LogP contribution in [0.15, 0.2) is 24.3 Å². The van der Waals surface area contributed by atoms with Crippen LogP contribution in [0.2, 0.25) is 0 Å². The predicted octanol–water partition coefficient (Wildman–Crippen LogP) is 2.54. The highest BCUT2D eigenvalue weighted by Crippen LogP contribution is 2.30. The molecule has 2 aliphatic heterocycles. The third kappa shape index (κ3) is 4.80. The zero-order chi connectivity index (χ0) is 19.7. The number of hydrogen-bond acceptors (Lipinski definition) is 4. The Morgan fingerprint density at radius 3 is 2.74 bits per heavy atom. The van der Waals surface area contributed by atoms with Crippen LogP contribution in [0.3, 0.4) is 0 Å². The summed E-state index contributed by atoms with van der Waals surface area (Å²) in [4.78, 5) is 16.0. The molecule has 3 rings (SSSR count). The number of rotatable bonds is 3. The van der Waals surface area contributed by atoms with E-state index in [-0.39, 0.29) is 18.6 Å². The molecule has 2 fully saturated rings. The summed E-state index contributed by atoms with van der Waals surface area (Å²) in [5.74, 6) is -0.0690. The van der Waals surface area contributed by atoms with Gasteiger partial charge in [-0.25, -0.2) is 0 Å². The lowest BCUT2D eigenvalue weighted by Gasteiger charge is -2.44. The third-order valence-corrected chi connectivity index (χ3v) is 4.98. The van der Waals surface area contributed by atoms with Gasteiger partial charge in [0, 0.05) is 25.7 Å². The van der Waals surface area contributed by atoms with Crippen molar-refractivity contribution >= 4 is 5.91 Å². The highest BCUT2D eigenvalue weighted by Gasteiger charge is 2.42. The van der Waals surface area contributed by atoms with Gasteiger partial charge in [-0.2, -0.15) is 13.2 Å². The number of ether oxygens (including phenoxy) is 2. The first-order chi connectivity index (χ1) is 12.7. The standard InChI is InChI=1S/C19H25F3N2O3/c1-14(2)24-12-18(13-26-10-17(24)25)11-23(6-7-27-18)9-15-4-3-5-16(8-15)19(20,21)22/h3-5,8,14H,6-7,9-13H2,1-2H3. The van der Waals surface area contributed by atoms with Crippen LogP contribution in [-0.2, 0) is 27.0 Å². The minimum absolute atomic E-state index is 0.0247. The molecular formula is C19H25F3N2O3. The molecule has 2 saturated heterocycles. The molecule has 0 N–H and O–H groups in total. The number of alkyl halides is 3. The quantitative estimate of drug-likeness (QED) is 0.801. The summed E-state index contributed by atoms with van der Waals surface area (Å²) < 4.78 is 50.4. The third-order valence-electron chi connectivity index (χ3n) is 4.98. The van der Waals surface area contributed by atoms with Crippen LogP contribution in [0.1, 0.15) is 25.0 Å². The Morgan fingerprint density at radius 1 is 1.26 bits per heavy atom. The minimum Gasteiger partial charge on any atom is -0.369 e. The number of amides is 1. The van der Waals surface area contributed by atoms with Gasteiger partial charge in [0.2, 0.25) is 5.91 Å². The Bertz CT molecular complexity index is 680. The topological polar surface area (TPSA) is 42.0 Å². The Hall–Kier alpha value is -1.64. The maximum Gasteiger partial charge on any atom is 0.416 e. The predicted molar refractivity (Wildman–Crippen MR) is 93.1 cm³/mol. The van der Waals surface area contributed by atoms with Crippen molar-refractivity contribution in [2.45, 2.75) is 38.2 Å². The van der Waals surface area contributed by atoms with Crippen molar-refractivity contribution in [3.05, 3.63) is 35.4 Å². The van der Waals surface area contributed by atoms with E-state index in [1.807, 2.05) is 13.8 Å². The van der Waals surface area contributed by atoms with Crippen molar-refractivity contribution < 1.29 is 27.4 Å². The first-order valence-electron chi connectivity index (χ1n) is 9.08. The smallest absolute Gasteiger partial charge is 0.369 e. The number of carbonyl (C=O) groups excluding carboxylic acids is 1. The second-order valence-electron chi connectivity index (χ2n) is 7.55. The first-order valence-corrected chi connectivity index (χ1v) is 9.08. The zero-order valence-electron chi connectivity index (χ0n) is 15.6. The summed E-state index contributed by atoms with van der Waals surface area (Å²) in [6.45, 7) is 6.58. The van der Waals surface area contributed by atoms with Crippen LogP contribution in [0.5, 0.6) is 0 Å². The van der Waals surface area contributed by atoms with Crippen LogP contribution in [0.4, 0.5) is 13.2 Å². The maximum atomic E-state index is 12.9. The van der Waals surface area contributed by atoms with Crippen molar-refractivity contribution in [1.29, 1.82) is 0 Å². The molecule has 0 aliphatic carbocycles. The second-order valence-corrected chi connectivity index (χ2v) is 7.55. The van der Waals surface area contributed by atoms with E-state index in [2.05, 4.69) is 4.90 Å². The lowest BCUT2D eigenvalue weighted by molar-refractivity contribution is -0.147. The molecule has 1 unspecified atom stereocenters. The molecule has 27 heavy (non-hydrogen) atoms. The SMILES string of the molecule is CC(C)N1CC2(COCC1=O)CN(Cc1cccc(C(F)(F)F)c1)CCO2. The zero-order valence-corrected chi connectivity index (χ0v) is 15.6. The molecule has 150 valence electrons. The average molecular weight is 386 g/mol. The van der Waals surface area contributed by atoms with Crippen LogP contribution >= 0.6 is 0 Å². The molecule has 2 heterocycles. The molecule has 1 atom stereocenters. The molecule has 2 aliphatic rings. The normalized spacial score (nSPS) is 25.3. The van der Waals surface area contributed by atoms with Gasteiger partial charge in [-0.15, -0.1) is 0 Å². The molecule has 1 aromatic rings. The number of carbonyl (C=O) groups is 1. The van der Waals surface area contributed by atoms with Gasteiger partial charge in [-0.3, -0.25) is 9.69 Å². The van der Waals surface area contributed by atoms with Crippen LogP contribution in [0.25, 0.3) is 0 Å². The van der Waals surface area contributed by atoms with E-state index in [0.717, 1.165) is 6.07 Å². The number of hydrogen-bond donors (Lipinski definition) is 0. The van der Waals surface area contributed by atoms with Crippen LogP contribution in [-0.4, -0.2) is 66.8 Å². The molecule has 8 heteroatoms. The Morgan fingerprint density at radius 2 is 2.04 bits per heavy atom. The number of halogens is 3. The Balaban J connectivity index is 1.73. The van der Waals surface area contributed by atoms with Gasteiger partial charge in [0.25, 0.3) is 0 Å². The van der Waals surface area contributed by atoms with E-state index in [1.165, 1.54) is 12.1 Å². The van der Waals surface area contributed by atoms with E-state index in [1.54, 1.807) is 11.0 Å². The largest absolute Gasteiger partial charge is 0.416 e. The molecular weight excluding hydrogens is 361 g/mol. The highest BCUT2D eigenvalue weighted by molar-refractivity contribution is 5.78. The van der Waals surface area contributed by atoms with Crippen molar-refractivity contribution in [3.63, 3.8) is 0 Å². The van der Waals surface area contributed by atoms with Gasteiger partial charge < -0.3 is 14.4 Å². The summed E-state index contributed by atoms with van der Waals surface area (Å²) in [6.07, 6.45) is -4.35. The Labute approximate surface area is 157 Å². The minimum atomic E-state index is -4.35. The summed E-state index contributed by atoms with van der Waals surface area (Å²) in [5, 5.41) is 0. The highest BCUT2D eigenvalue weighted by atomic mass is 19.4. The molecule has 1 spiro atoms. The molecule has 0 bridgehead atoms. The molecule has 0 saturated carbocycles. The van der Waals surface area contributed by atoms with E-state index >= 15 is 0 Å². The summed E-state index contributed by atoms with van der Waals surface area (Å²) in [5.41, 5.74) is -0.693. The summed E-state index contributed by atoms with van der Waals surface area (Å²) in [6, 6.07) is 5.43. The van der Waals surface area contributed by atoms with Gasteiger partial charge in [0.05, 0.1) is 25.3 Å². The number of benzene rings is 1. The maximum absolute atomic E-state index is 12.9. The van der Waals surface area contributed by atoms with E-state index < -0.39 is 17.3 Å². The molecule has 0 aromatic heterocycles. The summed E-state index contributed by atoms with van der Waals surface area (Å²) in [7, 11) is 0. The van der Waals surface area contributed by atoms with Crippen LogP contribution in [0, 0.1) is 0 Å². The summed E-state index contributed by atoms with van der Waals surface area (Å²) >= 11 is 0. The van der Waals surface area contributed by atoms with Gasteiger partial charge in [0.1, 0.15) is 12.2 Å². The van der Waals surface area contributed by atoms with E-state index in [4.69, 9.17) is 9.47 Å². The number of nitrogens with zero attached hydrogens (tertiary/aromatic N) is 2. The molecule has 1 aromatic carbocycles. The van der Waals surface area contributed by atoms with Crippen LogP contribution < -0.4 is 0 Å². The lowest BCUT2D eigenvalue weighted by atomic mass is 10.00. The van der Waals surface area contributed by atoms with Gasteiger partial charge in [0.15, 0.2) is 0 Å². The molecule has 5 nitrogen and oxygen atoms in total. The number of morpholine rings is 1. The van der Waals surface area contributed by atoms with Crippen molar-refractivity contribution in [2.24, 2.45) is 0 Å². The van der Waals surface area contributed by atoms with Gasteiger partial charge >= 0.3 is 6.18 Å². The first kappa shape index (κ1) is 20.1. The lowest BCUT2D eigenvalue weighted by Crippen LogP contribution is -2.59. The van der Waals surface area contributed by atoms with Gasteiger partial charge in [-0.05, 0) is 25.5 Å². The van der Waals surface area contributed by atoms with Crippen molar-refractivity contribution in [3.8, 4) is 0 Å².